The molecule has 4 amide bonds. The summed E-state index contributed by atoms with van der Waals surface area (Å²) in [6, 6.07) is 14.7. The molecule has 0 aromatic heterocycles. The number of β-amino-alcohol motifs (C(OH)–C–C–N with tert-alkyl or cyclic N) is 1. The van der Waals surface area contributed by atoms with Crippen molar-refractivity contribution in [3.8, 4) is 11.1 Å². The average molecular weight is 527 g/mol. The van der Waals surface area contributed by atoms with Gasteiger partial charge in [-0.05, 0) is 35.1 Å². The third-order valence-electron chi connectivity index (χ3n) is 6.31. The number of likely N-dealkylation sites (tertiary alicyclic amines) is 1. The summed E-state index contributed by atoms with van der Waals surface area (Å²) in [4.78, 5) is 51.5. The minimum absolute atomic E-state index is 0.0319. The molecule has 0 aliphatic carbocycles. The van der Waals surface area contributed by atoms with E-state index < -0.39 is 42.0 Å². The minimum atomic E-state index is -0.993. The molecule has 0 spiro atoms. The maximum absolute atomic E-state index is 13.2. The minimum Gasteiger partial charge on any atom is -0.391 e. The predicted octanol–water partition coefficient (Wildman–Crippen LogP) is 1.09. The summed E-state index contributed by atoms with van der Waals surface area (Å²) in [5.74, 6) is -1.43. The van der Waals surface area contributed by atoms with Crippen LogP contribution in [0.5, 0.6) is 0 Å². The molecule has 1 heterocycles. The normalized spacial score (nSPS) is 18.6. The largest absolute Gasteiger partial charge is 0.391 e. The highest BCUT2D eigenvalue weighted by atomic mass is 32.2. The van der Waals surface area contributed by atoms with E-state index in [1.807, 2.05) is 60.9 Å². The quantitative estimate of drug-likeness (QED) is 0.345. The first-order valence-corrected chi connectivity index (χ1v) is 13.6. The molecule has 37 heavy (non-hydrogen) atoms. The van der Waals surface area contributed by atoms with Crippen molar-refractivity contribution in [1.29, 1.82) is 0 Å². The topological polar surface area (TPSA) is 142 Å². The van der Waals surface area contributed by atoms with Crippen molar-refractivity contribution in [2.45, 2.75) is 50.4 Å². The Balaban J connectivity index is 1.70. The van der Waals surface area contributed by atoms with Crippen LogP contribution in [0.3, 0.4) is 0 Å². The molecule has 9 nitrogen and oxygen atoms in total. The summed E-state index contributed by atoms with van der Waals surface area (Å²) in [5.41, 5.74) is 8.49. The Kier molecular flexibility index (Phi) is 10.1. The van der Waals surface area contributed by atoms with Gasteiger partial charge in [-0.1, -0.05) is 54.6 Å². The zero-order chi connectivity index (χ0) is 26.9. The smallest absolute Gasteiger partial charge is 0.245 e. The number of rotatable bonds is 11. The lowest BCUT2D eigenvalue weighted by Gasteiger charge is -2.29. The molecule has 1 aliphatic rings. The first-order chi connectivity index (χ1) is 17.7. The number of aliphatic hydroxyl groups excluding tert-OH is 1. The molecule has 1 fully saturated rings. The number of carbonyl (C=O) groups is 4. The van der Waals surface area contributed by atoms with Crippen molar-refractivity contribution in [3.05, 3.63) is 60.2 Å². The van der Waals surface area contributed by atoms with Crippen LogP contribution < -0.4 is 16.4 Å². The molecular weight excluding hydrogens is 492 g/mol. The van der Waals surface area contributed by atoms with Crippen LogP contribution >= 0.6 is 11.8 Å². The van der Waals surface area contributed by atoms with Gasteiger partial charge in [0.2, 0.25) is 23.6 Å². The monoisotopic (exact) mass is 526 g/mol. The van der Waals surface area contributed by atoms with Gasteiger partial charge in [0.05, 0.1) is 6.10 Å². The van der Waals surface area contributed by atoms with Crippen LogP contribution in [0.2, 0.25) is 0 Å². The second-order valence-electron chi connectivity index (χ2n) is 9.16. The summed E-state index contributed by atoms with van der Waals surface area (Å²) < 4.78 is 0. The molecule has 1 aliphatic heterocycles. The Bertz CT molecular complexity index is 1100. The molecule has 10 heteroatoms. The third-order valence-corrected chi connectivity index (χ3v) is 6.96. The van der Waals surface area contributed by atoms with E-state index in [1.54, 1.807) is 0 Å². The molecule has 198 valence electrons. The van der Waals surface area contributed by atoms with Crippen LogP contribution in [0.25, 0.3) is 11.1 Å². The van der Waals surface area contributed by atoms with E-state index in [0.717, 1.165) is 16.7 Å². The predicted molar refractivity (Wildman–Crippen MR) is 143 cm³/mol. The lowest BCUT2D eigenvalue weighted by atomic mass is 10.00. The van der Waals surface area contributed by atoms with E-state index in [0.29, 0.717) is 12.2 Å². The Morgan fingerprint density at radius 1 is 1.03 bits per heavy atom. The first-order valence-electron chi connectivity index (χ1n) is 12.2. The van der Waals surface area contributed by atoms with Crippen molar-refractivity contribution < 1.29 is 24.3 Å². The maximum atomic E-state index is 13.2. The fourth-order valence-corrected chi connectivity index (χ4v) is 4.91. The van der Waals surface area contributed by atoms with E-state index in [2.05, 4.69) is 10.6 Å². The van der Waals surface area contributed by atoms with Gasteiger partial charge in [-0.25, -0.2) is 0 Å². The number of amides is 4. The van der Waals surface area contributed by atoms with Gasteiger partial charge >= 0.3 is 0 Å². The summed E-state index contributed by atoms with van der Waals surface area (Å²) in [6.07, 6.45) is 1.61. The van der Waals surface area contributed by atoms with E-state index in [9.17, 15) is 24.3 Å². The van der Waals surface area contributed by atoms with Crippen molar-refractivity contribution in [2.75, 3.05) is 18.6 Å². The number of primary amides is 1. The molecular formula is C27H34N4O5S. The SMILES string of the molecule is CSCC[C@H](NC(C)=O)C(=O)N1C[C@H](O)C[C@H]1C(=O)N[C@H](Cc1ccc(-c2ccccc2)cc1)C(N)=O. The number of nitrogens with two attached hydrogens (primary N) is 1. The number of thioether (sulfide) groups is 1. The Morgan fingerprint density at radius 2 is 1.68 bits per heavy atom. The number of carbonyl (C=O) groups excluding carboxylic acids is 4. The zero-order valence-corrected chi connectivity index (χ0v) is 21.9. The number of hydrogen-bond donors (Lipinski definition) is 4. The van der Waals surface area contributed by atoms with Gasteiger partial charge in [0.15, 0.2) is 0 Å². The van der Waals surface area contributed by atoms with Crippen LogP contribution in [0.1, 0.15) is 25.3 Å². The Hall–Kier alpha value is -3.37. The fraction of sp³-hybridized carbons (Fsp3) is 0.407. The van der Waals surface area contributed by atoms with Crippen LogP contribution in [-0.2, 0) is 25.6 Å². The van der Waals surface area contributed by atoms with Gasteiger partial charge in [0.1, 0.15) is 18.1 Å². The Morgan fingerprint density at radius 3 is 2.27 bits per heavy atom. The van der Waals surface area contributed by atoms with Crippen LogP contribution in [0.15, 0.2) is 54.6 Å². The standard InChI is InChI=1S/C27H34N4O5S/c1-17(32)29-22(12-13-37-2)27(36)31-16-21(33)15-24(31)26(35)30-23(25(28)34)14-18-8-10-20(11-9-18)19-6-4-3-5-7-19/h3-11,21-24,33H,12-16H2,1-2H3,(H2,28,34)(H,29,32)(H,30,35)/t21-,22+,23-,24+/m1/s1. The second-order valence-corrected chi connectivity index (χ2v) is 10.1. The second kappa shape index (κ2) is 13.3. The molecule has 3 rings (SSSR count). The molecule has 2 aromatic rings. The summed E-state index contributed by atoms with van der Waals surface area (Å²) in [5, 5.41) is 15.6. The zero-order valence-electron chi connectivity index (χ0n) is 21.1. The highest BCUT2D eigenvalue weighted by Gasteiger charge is 2.42. The lowest BCUT2D eigenvalue weighted by Crippen LogP contribution is -2.56. The highest BCUT2D eigenvalue weighted by molar-refractivity contribution is 7.98. The van der Waals surface area contributed by atoms with Gasteiger partial charge in [-0.15, -0.1) is 0 Å². The third kappa shape index (κ3) is 7.80. The summed E-state index contributed by atoms with van der Waals surface area (Å²) in [6.45, 7) is 1.29. The number of benzene rings is 2. The van der Waals surface area contributed by atoms with E-state index in [4.69, 9.17) is 5.73 Å². The van der Waals surface area contributed by atoms with Gasteiger partial charge in [-0.3, -0.25) is 19.2 Å². The molecule has 2 aromatic carbocycles. The van der Waals surface area contributed by atoms with E-state index in [1.165, 1.54) is 23.6 Å². The van der Waals surface area contributed by atoms with Crippen LogP contribution in [0, 0.1) is 0 Å². The molecule has 4 atom stereocenters. The van der Waals surface area contributed by atoms with Crippen LogP contribution in [-0.4, -0.2) is 76.4 Å². The summed E-state index contributed by atoms with van der Waals surface area (Å²) >= 11 is 1.53. The van der Waals surface area contributed by atoms with Gasteiger partial charge in [0, 0.05) is 26.3 Å². The van der Waals surface area contributed by atoms with Gasteiger partial charge in [0.25, 0.3) is 0 Å². The number of nitrogens with one attached hydrogen (secondary N) is 2. The molecule has 0 saturated carbocycles. The van der Waals surface area contributed by atoms with Crippen molar-refractivity contribution in [2.24, 2.45) is 5.73 Å². The van der Waals surface area contributed by atoms with Crippen molar-refractivity contribution >= 4 is 35.4 Å². The number of hydrogen-bond acceptors (Lipinski definition) is 6. The molecule has 0 bridgehead atoms. The Labute approximate surface area is 221 Å². The highest BCUT2D eigenvalue weighted by Crippen LogP contribution is 2.22. The lowest BCUT2D eigenvalue weighted by molar-refractivity contribution is -0.142. The van der Waals surface area contributed by atoms with E-state index >= 15 is 0 Å². The maximum Gasteiger partial charge on any atom is 0.245 e. The molecule has 0 radical (unpaired) electrons. The molecule has 5 N–H and O–H groups in total. The number of aliphatic hydroxyl groups is 1. The summed E-state index contributed by atoms with van der Waals surface area (Å²) in [7, 11) is 0. The molecule has 0 unspecified atom stereocenters. The number of nitrogens with zero attached hydrogens (tertiary/aromatic N) is 1. The first kappa shape index (κ1) is 28.2. The van der Waals surface area contributed by atoms with Crippen molar-refractivity contribution in [3.63, 3.8) is 0 Å². The van der Waals surface area contributed by atoms with Gasteiger partial charge in [-0.2, -0.15) is 11.8 Å². The van der Waals surface area contributed by atoms with Gasteiger partial charge < -0.3 is 26.4 Å². The average Bonchev–Trinajstić information content (AvgIpc) is 3.28. The van der Waals surface area contributed by atoms with Crippen LogP contribution in [0.4, 0.5) is 0 Å². The fourth-order valence-electron chi connectivity index (χ4n) is 4.43. The molecule has 1 saturated heterocycles. The van der Waals surface area contributed by atoms with E-state index in [-0.39, 0.29) is 25.3 Å². The van der Waals surface area contributed by atoms with Crippen molar-refractivity contribution in [1.82, 2.24) is 15.5 Å².